The van der Waals surface area contributed by atoms with Gasteiger partial charge in [0.05, 0.1) is 28.4 Å². The van der Waals surface area contributed by atoms with Gasteiger partial charge in [0, 0.05) is 80.2 Å². The van der Waals surface area contributed by atoms with Crippen LogP contribution < -0.4 is 4.90 Å². The van der Waals surface area contributed by atoms with Crippen LogP contribution >= 0.6 is 0 Å². The number of likely N-dealkylation sites (N-methyl/N-ethyl adjacent to an activating group) is 1. The van der Waals surface area contributed by atoms with Gasteiger partial charge in [0.15, 0.2) is 5.71 Å². The molecular weight excluding hydrogens is 1000 g/mol. The first-order valence-corrected chi connectivity index (χ1v) is 29.1. The fourth-order valence-corrected chi connectivity index (χ4v) is 11.4. The number of carbonyl (C=O) groups excluding carboxylic acids is 4. The van der Waals surface area contributed by atoms with Crippen LogP contribution in [0.1, 0.15) is 121 Å². The summed E-state index contributed by atoms with van der Waals surface area (Å²) in [6.45, 7) is 11.2. The van der Waals surface area contributed by atoms with Crippen molar-refractivity contribution >= 4 is 71.1 Å². The van der Waals surface area contributed by atoms with E-state index in [2.05, 4.69) is 37.0 Å². The number of rotatable bonds is 23. The molecule has 19 nitrogen and oxygen atoms in total. The van der Waals surface area contributed by atoms with Gasteiger partial charge in [0.2, 0.25) is 11.6 Å². The van der Waals surface area contributed by atoms with Crippen LogP contribution in [0.25, 0.3) is 0 Å². The average molecular weight is 1070 g/mol. The van der Waals surface area contributed by atoms with Gasteiger partial charge in [-0.2, -0.15) is 29.8 Å². The number of carbonyl (C=O) groups is 4. The molecule has 2 aromatic carbocycles. The first-order chi connectivity index (χ1) is 34.1. The third-order valence-electron chi connectivity index (χ3n) is 13.7. The second kappa shape index (κ2) is 22.9. The van der Waals surface area contributed by atoms with Crippen LogP contribution in [0.3, 0.4) is 0 Å². The Hall–Kier alpha value is -5.52. The smallest absolute Gasteiger partial charge is 0.333 e. The molecule has 22 heteroatoms. The molecule has 0 aromatic heterocycles. The molecule has 3 N–H and O–H groups in total. The molecule has 6 rings (SSSR count). The van der Waals surface area contributed by atoms with Gasteiger partial charge in [-0.1, -0.05) is 37.6 Å². The number of imide groups is 1. The Kier molecular flexibility index (Phi) is 17.8. The van der Waals surface area contributed by atoms with Gasteiger partial charge in [-0.15, -0.1) is 5.06 Å². The Morgan fingerprint density at radius 2 is 1.45 bits per heavy atom. The van der Waals surface area contributed by atoms with E-state index in [0.29, 0.717) is 60.8 Å². The molecule has 1 saturated heterocycles. The summed E-state index contributed by atoms with van der Waals surface area (Å²) >= 11 is 0. The Morgan fingerprint density at radius 3 is 2.11 bits per heavy atom. The van der Waals surface area contributed by atoms with Gasteiger partial charge < -0.3 is 19.4 Å². The second-order valence-corrected chi connectivity index (χ2v) is 24.5. The molecule has 3 amide bonds. The minimum absolute atomic E-state index is 0.0122. The predicted molar refractivity (Wildman–Crippen MR) is 273 cm³/mol. The van der Waals surface area contributed by atoms with Crippen LogP contribution in [0.5, 0.6) is 0 Å². The van der Waals surface area contributed by atoms with E-state index < -0.39 is 64.7 Å². The molecule has 0 saturated carbocycles. The summed E-state index contributed by atoms with van der Waals surface area (Å²) in [5.41, 5.74) is 6.62. The minimum Gasteiger partial charge on any atom is -0.491 e. The third kappa shape index (κ3) is 14.2. The normalized spacial score (nSPS) is 18.9. The van der Waals surface area contributed by atoms with Gasteiger partial charge in [0.1, 0.15) is 18.9 Å². The van der Waals surface area contributed by atoms with E-state index in [0.717, 1.165) is 45.8 Å². The van der Waals surface area contributed by atoms with Crippen molar-refractivity contribution in [3.05, 3.63) is 100.0 Å². The molecule has 3 heterocycles. The number of nitrogens with zero attached hydrogens (tertiary/aromatic N) is 4. The highest BCUT2D eigenvalue weighted by atomic mass is 32.2. The zero-order valence-corrected chi connectivity index (χ0v) is 44.7. The molecule has 398 valence electrons. The third-order valence-corrected chi connectivity index (χ3v) is 16.2. The monoisotopic (exact) mass is 1070 g/mol. The van der Waals surface area contributed by atoms with Crippen LogP contribution in [0.2, 0.25) is 0 Å². The molecule has 2 aromatic rings. The summed E-state index contributed by atoms with van der Waals surface area (Å²) in [5.74, 6) is -2.46. The summed E-state index contributed by atoms with van der Waals surface area (Å²) in [6.07, 6.45) is 11.1. The molecule has 3 aliphatic heterocycles. The van der Waals surface area contributed by atoms with E-state index in [1.807, 2.05) is 49.6 Å². The number of anilines is 1. The Balaban J connectivity index is 1.33. The first kappa shape index (κ1) is 56.8. The van der Waals surface area contributed by atoms with Crippen molar-refractivity contribution in [3.63, 3.8) is 0 Å². The van der Waals surface area contributed by atoms with Crippen molar-refractivity contribution in [1.29, 1.82) is 0 Å². The number of unbranched alkanes of at least 4 members (excludes halogenated alkanes) is 2. The zero-order chi connectivity index (χ0) is 53.7. The Morgan fingerprint density at radius 1 is 0.781 bits per heavy atom. The molecule has 73 heavy (non-hydrogen) atoms. The molecule has 0 bridgehead atoms. The summed E-state index contributed by atoms with van der Waals surface area (Å²) in [6, 6.07) is 10.6. The number of aryl methyl sites for hydroxylation is 1. The lowest BCUT2D eigenvalue weighted by atomic mass is 9.81. The van der Waals surface area contributed by atoms with E-state index in [9.17, 15) is 58.1 Å². The number of ether oxygens (including phenoxy) is 1. The maximum atomic E-state index is 13.3. The lowest BCUT2D eigenvalue weighted by Gasteiger charge is -2.28. The maximum absolute atomic E-state index is 13.3. The molecule has 1 fully saturated rings. The minimum atomic E-state index is -4.55. The van der Waals surface area contributed by atoms with Gasteiger partial charge in [-0.3, -0.25) is 28.0 Å². The van der Waals surface area contributed by atoms with Crippen molar-refractivity contribution < 1.29 is 72.2 Å². The lowest BCUT2D eigenvalue weighted by Crippen LogP contribution is -2.32. The summed E-state index contributed by atoms with van der Waals surface area (Å²) in [7, 11) is -11.3. The fraction of sp³-hybridized carbons (Fsp3) is 0.510. The summed E-state index contributed by atoms with van der Waals surface area (Å²) in [4.78, 5) is 57.7. The zero-order valence-electron chi connectivity index (χ0n) is 42.3. The highest BCUT2D eigenvalue weighted by molar-refractivity contribution is 7.86. The lowest BCUT2D eigenvalue weighted by molar-refractivity contribution is -0.438. The van der Waals surface area contributed by atoms with Gasteiger partial charge >= 0.3 is 5.97 Å². The van der Waals surface area contributed by atoms with Crippen LogP contribution in [-0.2, 0) is 69.9 Å². The number of amides is 3. The molecular formula is C51H67N4O15S3+. The Labute approximate surface area is 428 Å². The van der Waals surface area contributed by atoms with Crippen molar-refractivity contribution in [2.75, 3.05) is 49.7 Å². The molecule has 1 aliphatic carbocycles. The Bertz CT molecular complexity index is 3010. The van der Waals surface area contributed by atoms with Crippen LogP contribution in [0.4, 0.5) is 11.4 Å². The van der Waals surface area contributed by atoms with Crippen LogP contribution in [0, 0.1) is 6.92 Å². The standard InChI is InChI=1S/C51H66N4O15S3/c1-35-17-21-41-39(33-35)50(2,3)43(53(41)27-7-9-31-71(60,61)62)23-18-36-13-11-14-37(49(36)69-30-29-52(6)45(56)15-12-16-48(59)70-55-46(57)25-26-47(55)58)19-24-44-51(4,5)40-34-38(73(66,67)68)20-22-42(40)54(44)28-8-10-32-72(63,64)65/h17-24,33-34H,7-16,25-32H2,1-6H3,(H2-,60,61,62,63,64,65,66,67,68)/p+1. The quantitative estimate of drug-likeness (QED) is 0.0447. The molecule has 4 aliphatic rings. The van der Waals surface area contributed by atoms with Crippen molar-refractivity contribution in [2.24, 2.45) is 0 Å². The fourth-order valence-electron chi connectivity index (χ4n) is 9.75. The van der Waals surface area contributed by atoms with Crippen LogP contribution in [0.15, 0.2) is 88.2 Å². The second-order valence-electron chi connectivity index (χ2n) is 19.9. The highest BCUT2D eigenvalue weighted by Gasteiger charge is 2.45. The predicted octanol–water partition coefficient (Wildman–Crippen LogP) is 6.81. The number of benzene rings is 2. The molecule has 0 atom stereocenters. The van der Waals surface area contributed by atoms with Crippen molar-refractivity contribution in [2.45, 2.75) is 127 Å². The van der Waals surface area contributed by atoms with E-state index in [4.69, 9.17) is 9.57 Å². The van der Waals surface area contributed by atoms with E-state index >= 15 is 0 Å². The first-order valence-electron chi connectivity index (χ1n) is 24.4. The van der Waals surface area contributed by atoms with E-state index in [1.54, 1.807) is 13.1 Å². The van der Waals surface area contributed by atoms with Crippen LogP contribution in [-0.4, -0.2) is 128 Å². The number of hydrogen-bond acceptors (Lipinski definition) is 13. The van der Waals surface area contributed by atoms with Gasteiger partial charge in [-0.05, 0) is 113 Å². The molecule has 0 spiro atoms. The van der Waals surface area contributed by atoms with Gasteiger partial charge in [0.25, 0.3) is 42.2 Å². The summed E-state index contributed by atoms with van der Waals surface area (Å²) < 4.78 is 108. The van der Waals surface area contributed by atoms with E-state index in [1.165, 1.54) is 17.0 Å². The molecule has 0 unspecified atom stereocenters. The number of hydroxylamine groups is 2. The van der Waals surface area contributed by atoms with Gasteiger partial charge in [-0.25, -0.2) is 4.79 Å². The largest absolute Gasteiger partial charge is 0.491 e. The average Bonchev–Trinajstić information content (AvgIpc) is 3.81. The SMILES string of the molecule is Cc1ccc2c(c1)C(C)(C)C(=CC=C1CCCC(C=CC3=[N+](CCCCS(=O)(=O)O)c4ccc(S(=O)(=O)O)cc4C3(C)C)=C1OCCN(C)C(=O)CCCC(=O)ON1C(=O)CCC1=O)N2CCCCS(=O)(=O)O. The summed E-state index contributed by atoms with van der Waals surface area (Å²) in [5, 5.41) is 0.472. The van der Waals surface area contributed by atoms with E-state index in [-0.39, 0.29) is 74.7 Å². The number of allylic oxidation sites excluding steroid dienone is 7. The number of fused-ring (bicyclic) bond motifs is 2. The highest BCUT2D eigenvalue weighted by Crippen LogP contribution is 2.49. The molecule has 0 radical (unpaired) electrons. The number of hydrogen-bond donors (Lipinski definition) is 3. The van der Waals surface area contributed by atoms with Crippen molar-refractivity contribution in [1.82, 2.24) is 9.96 Å². The topological polar surface area (TPSA) is 263 Å². The maximum Gasteiger partial charge on any atom is 0.333 e. The van der Waals surface area contributed by atoms with Crippen molar-refractivity contribution in [3.8, 4) is 0 Å².